The molecule has 0 fully saturated rings. The van der Waals surface area contributed by atoms with Gasteiger partial charge in [-0.15, -0.1) is 6.58 Å². The third-order valence-corrected chi connectivity index (χ3v) is 1.96. The quantitative estimate of drug-likeness (QED) is 0.676. The Bertz CT molecular complexity index is 238. The van der Waals surface area contributed by atoms with Crippen molar-refractivity contribution in [1.29, 1.82) is 0 Å². The maximum absolute atomic E-state index is 9.39. The molecule has 0 radical (unpaired) electrons. The van der Waals surface area contributed by atoms with Crippen LogP contribution in [0.5, 0.6) is 0 Å². The second kappa shape index (κ2) is 4.07. The molecule has 0 unspecified atom stereocenters. The standard InChI is InChI=1S/C11H14O/c1-3-11(9(2)12)10-7-5-4-6-8-10/h3-9,11-12H,1H2,2H3/t9-,11-/m1/s1. The van der Waals surface area contributed by atoms with Crippen LogP contribution in [0, 0.1) is 0 Å². The number of rotatable bonds is 3. The monoisotopic (exact) mass is 162 g/mol. The molecule has 1 N–H and O–H groups in total. The number of benzene rings is 1. The summed E-state index contributed by atoms with van der Waals surface area (Å²) in [4.78, 5) is 0. The molecule has 1 aromatic rings. The van der Waals surface area contributed by atoms with E-state index in [4.69, 9.17) is 0 Å². The summed E-state index contributed by atoms with van der Waals surface area (Å²) in [5.41, 5.74) is 1.11. The lowest BCUT2D eigenvalue weighted by molar-refractivity contribution is 0.179. The molecule has 1 rings (SSSR count). The van der Waals surface area contributed by atoms with Crippen molar-refractivity contribution in [2.24, 2.45) is 0 Å². The lowest BCUT2D eigenvalue weighted by atomic mass is 9.95. The summed E-state index contributed by atoms with van der Waals surface area (Å²) >= 11 is 0. The van der Waals surface area contributed by atoms with Gasteiger partial charge in [0, 0.05) is 5.92 Å². The van der Waals surface area contributed by atoms with Crippen LogP contribution in [-0.4, -0.2) is 11.2 Å². The van der Waals surface area contributed by atoms with E-state index in [9.17, 15) is 5.11 Å². The second-order valence-electron chi connectivity index (χ2n) is 2.91. The van der Waals surface area contributed by atoms with Crippen molar-refractivity contribution in [2.45, 2.75) is 18.9 Å². The van der Waals surface area contributed by atoms with E-state index in [1.807, 2.05) is 30.3 Å². The van der Waals surface area contributed by atoms with Crippen molar-refractivity contribution in [3.8, 4) is 0 Å². The first kappa shape index (κ1) is 9.01. The topological polar surface area (TPSA) is 20.2 Å². The molecular weight excluding hydrogens is 148 g/mol. The molecule has 1 heteroatoms. The normalized spacial score (nSPS) is 15.2. The number of hydrogen-bond acceptors (Lipinski definition) is 1. The highest BCUT2D eigenvalue weighted by molar-refractivity contribution is 5.24. The predicted molar refractivity (Wildman–Crippen MR) is 51.1 cm³/mol. The summed E-state index contributed by atoms with van der Waals surface area (Å²) in [6.07, 6.45) is 1.41. The Hall–Kier alpha value is -1.08. The molecule has 0 amide bonds. The van der Waals surface area contributed by atoms with Gasteiger partial charge in [-0.3, -0.25) is 0 Å². The van der Waals surface area contributed by atoms with Crippen molar-refractivity contribution >= 4 is 0 Å². The van der Waals surface area contributed by atoms with Crippen LogP contribution < -0.4 is 0 Å². The SMILES string of the molecule is C=C[C@@H](c1ccccc1)[C@@H](C)O. The van der Waals surface area contributed by atoms with Crippen molar-refractivity contribution in [1.82, 2.24) is 0 Å². The summed E-state index contributed by atoms with van der Waals surface area (Å²) in [6, 6.07) is 9.90. The zero-order valence-corrected chi connectivity index (χ0v) is 7.27. The second-order valence-corrected chi connectivity index (χ2v) is 2.91. The smallest absolute Gasteiger partial charge is 0.0615 e. The molecule has 2 atom stereocenters. The molecule has 0 bridgehead atoms. The highest BCUT2D eigenvalue weighted by Gasteiger charge is 2.11. The molecule has 0 heterocycles. The van der Waals surface area contributed by atoms with E-state index in [-0.39, 0.29) is 12.0 Å². The molecule has 0 aliphatic heterocycles. The number of hydrogen-bond donors (Lipinski definition) is 1. The van der Waals surface area contributed by atoms with E-state index in [1.54, 1.807) is 13.0 Å². The van der Waals surface area contributed by atoms with E-state index >= 15 is 0 Å². The Kier molecular flexibility index (Phi) is 3.06. The molecule has 0 aliphatic rings. The van der Waals surface area contributed by atoms with Gasteiger partial charge in [0.2, 0.25) is 0 Å². The van der Waals surface area contributed by atoms with Crippen LogP contribution in [-0.2, 0) is 0 Å². The average molecular weight is 162 g/mol. The van der Waals surface area contributed by atoms with Crippen molar-refractivity contribution < 1.29 is 5.11 Å². The average Bonchev–Trinajstić information content (AvgIpc) is 2.07. The van der Waals surface area contributed by atoms with E-state index in [2.05, 4.69) is 6.58 Å². The van der Waals surface area contributed by atoms with E-state index < -0.39 is 0 Å². The number of aliphatic hydroxyl groups excluding tert-OH is 1. The summed E-state index contributed by atoms with van der Waals surface area (Å²) < 4.78 is 0. The van der Waals surface area contributed by atoms with Gasteiger partial charge in [0.15, 0.2) is 0 Å². The Morgan fingerprint density at radius 1 is 1.33 bits per heavy atom. The van der Waals surface area contributed by atoms with Gasteiger partial charge in [0.25, 0.3) is 0 Å². The van der Waals surface area contributed by atoms with Gasteiger partial charge in [-0.05, 0) is 12.5 Å². The fraction of sp³-hybridized carbons (Fsp3) is 0.273. The minimum Gasteiger partial charge on any atom is -0.392 e. The zero-order chi connectivity index (χ0) is 8.97. The predicted octanol–water partition coefficient (Wildman–Crippen LogP) is 2.34. The Morgan fingerprint density at radius 3 is 2.33 bits per heavy atom. The van der Waals surface area contributed by atoms with Crippen LogP contribution >= 0.6 is 0 Å². The first-order valence-electron chi connectivity index (χ1n) is 4.11. The van der Waals surface area contributed by atoms with Crippen molar-refractivity contribution in [2.75, 3.05) is 0 Å². The fourth-order valence-corrected chi connectivity index (χ4v) is 1.29. The minimum atomic E-state index is -0.370. The van der Waals surface area contributed by atoms with Gasteiger partial charge < -0.3 is 5.11 Å². The molecule has 1 aromatic carbocycles. The third kappa shape index (κ3) is 1.95. The van der Waals surface area contributed by atoms with Gasteiger partial charge in [-0.1, -0.05) is 36.4 Å². The molecule has 0 aromatic heterocycles. The molecule has 0 saturated carbocycles. The molecule has 0 spiro atoms. The summed E-state index contributed by atoms with van der Waals surface area (Å²) in [6.45, 7) is 5.48. The van der Waals surface area contributed by atoms with Gasteiger partial charge >= 0.3 is 0 Å². The first-order valence-corrected chi connectivity index (χ1v) is 4.11. The summed E-state index contributed by atoms with van der Waals surface area (Å²) in [7, 11) is 0. The van der Waals surface area contributed by atoms with E-state index in [0.29, 0.717) is 0 Å². The largest absolute Gasteiger partial charge is 0.392 e. The fourth-order valence-electron chi connectivity index (χ4n) is 1.29. The Morgan fingerprint density at radius 2 is 1.92 bits per heavy atom. The van der Waals surface area contributed by atoms with Gasteiger partial charge in [-0.2, -0.15) is 0 Å². The lowest BCUT2D eigenvalue weighted by Gasteiger charge is -2.15. The molecule has 0 aliphatic carbocycles. The molecule has 12 heavy (non-hydrogen) atoms. The molecule has 1 nitrogen and oxygen atoms in total. The number of aliphatic hydroxyl groups is 1. The zero-order valence-electron chi connectivity index (χ0n) is 7.27. The Labute approximate surface area is 73.4 Å². The molecule has 64 valence electrons. The van der Waals surface area contributed by atoms with E-state index in [1.165, 1.54) is 0 Å². The highest BCUT2D eigenvalue weighted by Crippen LogP contribution is 2.19. The minimum absolute atomic E-state index is 0.0474. The summed E-state index contributed by atoms with van der Waals surface area (Å²) in [5.74, 6) is 0.0474. The van der Waals surface area contributed by atoms with Gasteiger partial charge in [-0.25, -0.2) is 0 Å². The van der Waals surface area contributed by atoms with E-state index in [0.717, 1.165) is 5.56 Å². The van der Waals surface area contributed by atoms with Crippen LogP contribution in [0.25, 0.3) is 0 Å². The van der Waals surface area contributed by atoms with Crippen LogP contribution in [0.3, 0.4) is 0 Å². The maximum Gasteiger partial charge on any atom is 0.0615 e. The maximum atomic E-state index is 9.39. The molecular formula is C11H14O. The van der Waals surface area contributed by atoms with Crippen molar-refractivity contribution in [3.63, 3.8) is 0 Å². The summed E-state index contributed by atoms with van der Waals surface area (Å²) in [5, 5.41) is 9.39. The highest BCUT2D eigenvalue weighted by atomic mass is 16.3. The van der Waals surface area contributed by atoms with Crippen molar-refractivity contribution in [3.05, 3.63) is 48.6 Å². The van der Waals surface area contributed by atoms with Gasteiger partial charge in [0.05, 0.1) is 6.10 Å². The van der Waals surface area contributed by atoms with Crippen LogP contribution in [0.2, 0.25) is 0 Å². The lowest BCUT2D eigenvalue weighted by Crippen LogP contribution is -2.11. The van der Waals surface area contributed by atoms with Crippen LogP contribution in [0.1, 0.15) is 18.4 Å². The Balaban J connectivity index is 2.88. The third-order valence-electron chi connectivity index (χ3n) is 1.96. The van der Waals surface area contributed by atoms with Crippen LogP contribution in [0.15, 0.2) is 43.0 Å². The molecule has 0 saturated heterocycles. The van der Waals surface area contributed by atoms with Gasteiger partial charge in [0.1, 0.15) is 0 Å². The first-order chi connectivity index (χ1) is 5.75. The van der Waals surface area contributed by atoms with Crippen LogP contribution in [0.4, 0.5) is 0 Å².